The molecule has 0 saturated carbocycles. The van der Waals surface area contributed by atoms with Crippen LogP contribution in [0.15, 0.2) is 0 Å². The molecule has 0 bridgehead atoms. The summed E-state index contributed by atoms with van der Waals surface area (Å²) in [6.07, 6.45) is 2.28. The van der Waals surface area contributed by atoms with E-state index in [1.54, 1.807) is 20.3 Å². The van der Waals surface area contributed by atoms with Gasteiger partial charge < -0.3 is 6.92 Å². The minimum atomic E-state index is 0. The Labute approximate surface area is 77.9 Å². The number of rotatable bonds is 1. The van der Waals surface area contributed by atoms with Crippen LogP contribution in [0, 0.1) is 6.92 Å². The maximum absolute atomic E-state index is 4.16. The molecule has 3 heteroatoms. The van der Waals surface area contributed by atoms with Gasteiger partial charge in [0.15, 0.2) is 0 Å². The molecule has 0 aliphatic rings. The van der Waals surface area contributed by atoms with Gasteiger partial charge in [0.2, 0.25) is 0 Å². The average Bonchev–Trinajstić information content (AvgIpc) is 1.72. The molecule has 0 aliphatic carbocycles. The zero-order valence-electron chi connectivity index (χ0n) is 4.80. The molecule has 0 saturated heterocycles. The third-order valence-corrected chi connectivity index (χ3v) is 0.354. The average molecular weight is 255 g/mol. The molecule has 0 aliphatic heterocycles. The number of hydrogen-bond acceptors (Lipinski definition) is 0. The van der Waals surface area contributed by atoms with Gasteiger partial charge in [0.25, 0.3) is 0 Å². The van der Waals surface area contributed by atoms with Gasteiger partial charge in [-0.2, -0.15) is 6.42 Å². The Morgan fingerprint density at radius 3 is 1.71 bits per heavy atom. The summed E-state index contributed by atoms with van der Waals surface area (Å²) in [4.78, 5) is 0. The van der Waals surface area contributed by atoms with Crippen LogP contribution in [0.1, 0.15) is 19.8 Å². The van der Waals surface area contributed by atoms with Crippen molar-refractivity contribution in [2.24, 2.45) is 0 Å². The molecular formula is C4H9CuILi. The van der Waals surface area contributed by atoms with Crippen molar-refractivity contribution in [2.75, 3.05) is 0 Å². The molecule has 0 aromatic carbocycles. The molecule has 0 radical (unpaired) electrons. The number of hydrogen-bond donors (Lipinski definition) is 0. The van der Waals surface area contributed by atoms with Crippen LogP contribution in [0.5, 0.6) is 0 Å². The maximum Gasteiger partial charge on any atom is 1.00 e. The van der Waals surface area contributed by atoms with Crippen molar-refractivity contribution in [3.8, 4) is 0 Å². The molecule has 0 N–H and O–H groups in total. The van der Waals surface area contributed by atoms with Crippen LogP contribution < -0.4 is 18.9 Å². The standard InChI is InChI=1S/C4H9.Cu.HI.Li/c1-3-4-2;;;/h1,3-4H2,2H3;;1H;/q-1;+1;;+1/p-1. The van der Waals surface area contributed by atoms with Gasteiger partial charge >= 0.3 is 52.0 Å². The van der Waals surface area contributed by atoms with Gasteiger partial charge in [0, 0.05) is 0 Å². The summed E-state index contributed by atoms with van der Waals surface area (Å²) in [7, 11) is 0. The second-order valence-corrected chi connectivity index (χ2v) is 0.854. The van der Waals surface area contributed by atoms with E-state index in [9.17, 15) is 0 Å². The van der Waals surface area contributed by atoms with E-state index in [0.29, 0.717) is 0 Å². The monoisotopic (exact) mass is 254 g/mol. The number of halogens is 1. The van der Waals surface area contributed by atoms with Crippen LogP contribution in [0.2, 0.25) is 0 Å². The first-order valence-electron chi connectivity index (χ1n) is 1.82. The van der Waals surface area contributed by atoms with Crippen molar-refractivity contribution >= 4 is 20.3 Å². The Morgan fingerprint density at radius 2 is 1.71 bits per heavy atom. The molecule has 0 rings (SSSR count). The Balaban J connectivity index is -0.0000000480. The second-order valence-electron chi connectivity index (χ2n) is 0.854. The predicted octanol–water partition coefficient (Wildman–Crippen LogP) is -0.492. The summed E-state index contributed by atoms with van der Waals surface area (Å²) < 4.78 is 0. The van der Waals surface area contributed by atoms with E-state index >= 15 is 0 Å². The van der Waals surface area contributed by atoms with Crippen molar-refractivity contribution in [2.45, 2.75) is 19.8 Å². The normalized spacial score (nSPS) is 5.29. The van der Waals surface area contributed by atoms with E-state index in [4.69, 9.17) is 0 Å². The van der Waals surface area contributed by atoms with E-state index in [0.717, 1.165) is 6.42 Å². The van der Waals surface area contributed by atoms with Crippen LogP contribution in [0.25, 0.3) is 0 Å². The summed E-state index contributed by atoms with van der Waals surface area (Å²) in [5.74, 6) is 0. The maximum atomic E-state index is 4.16. The van der Waals surface area contributed by atoms with E-state index in [-0.39, 0.29) is 18.9 Å². The molecule has 7 heavy (non-hydrogen) atoms. The first-order chi connectivity index (χ1) is 2.91. The molecule has 44 valence electrons. The topological polar surface area (TPSA) is 0 Å². The van der Waals surface area contributed by atoms with E-state index in [1.165, 1.54) is 6.42 Å². The van der Waals surface area contributed by atoms with Gasteiger partial charge in [-0.25, -0.2) is 0 Å². The van der Waals surface area contributed by atoms with Gasteiger partial charge in [0.1, 0.15) is 0 Å². The molecule has 0 aromatic rings. The third kappa shape index (κ3) is 33.1. The van der Waals surface area contributed by atoms with Crippen LogP contribution in [0.3, 0.4) is 0 Å². The summed E-state index contributed by atoms with van der Waals surface area (Å²) >= 11 is 5.87. The largest absolute Gasteiger partial charge is 1.00 e. The first-order valence-corrected chi connectivity index (χ1v) is 4.86. The predicted molar refractivity (Wildman–Crippen MR) is 34.3 cm³/mol. The molecule has 0 spiro atoms. The molecule has 0 atom stereocenters. The van der Waals surface area contributed by atoms with Gasteiger partial charge in [-0.15, -0.1) is 0 Å². The van der Waals surface area contributed by atoms with Crippen molar-refractivity contribution in [3.05, 3.63) is 6.92 Å². The van der Waals surface area contributed by atoms with Crippen molar-refractivity contribution < 1.29 is 31.6 Å². The van der Waals surface area contributed by atoms with Gasteiger partial charge in [-0.05, 0) is 0 Å². The molecular weight excluding hydrogens is 245 g/mol. The molecule has 0 nitrogen and oxygen atoms in total. The molecule has 0 amide bonds. The zero-order chi connectivity index (χ0) is 5.41. The van der Waals surface area contributed by atoms with Crippen molar-refractivity contribution in [1.29, 1.82) is 0 Å². The summed E-state index contributed by atoms with van der Waals surface area (Å²) in [6.45, 7) is 5.72. The molecule has 0 aromatic heterocycles. The van der Waals surface area contributed by atoms with Crippen LogP contribution in [-0.2, 0) is 12.8 Å². The Hall–Kier alpha value is 1.85. The molecule has 0 heterocycles. The quantitative estimate of drug-likeness (QED) is 0.336. The fraction of sp³-hybridized carbons (Fsp3) is 0.750. The van der Waals surface area contributed by atoms with E-state index in [1.807, 2.05) is 0 Å². The Morgan fingerprint density at radius 1 is 1.57 bits per heavy atom. The van der Waals surface area contributed by atoms with Gasteiger partial charge in [-0.1, -0.05) is 13.3 Å². The molecule has 0 fully saturated rings. The SMILES string of the molecule is [CH2-]CCC.[Cu][I].[Li+]. The van der Waals surface area contributed by atoms with Crippen LogP contribution in [0.4, 0.5) is 0 Å². The van der Waals surface area contributed by atoms with Crippen LogP contribution >= 0.6 is 20.3 Å². The smallest absolute Gasteiger partial charge is 1.00 e. The third-order valence-electron chi connectivity index (χ3n) is 0.354. The fourth-order valence-corrected chi connectivity index (χ4v) is 0. The van der Waals surface area contributed by atoms with Crippen LogP contribution in [-0.4, -0.2) is 0 Å². The van der Waals surface area contributed by atoms with Gasteiger partial charge in [0.05, 0.1) is 0 Å². The summed E-state index contributed by atoms with van der Waals surface area (Å²) in [5.41, 5.74) is 0. The zero-order valence-corrected chi connectivity index (χ0v) is 7.90. The second kappa shape index (κ2) is 24.9. The van der Waals surface area contributed by atoms with Gasteiger partial charge in [-0.3, -0.25) is 0 Å². The first kappa shape index (κ1) is 15.9. The minimum Gasteiger partial charge on any atom is 1.00 e. The Kier molecular flexibility index (Phi) is 56.6. The van der Waals surface area contributed by atoms with E-state index < -0.39 is 0 Å². The minimum absolute atomic E-state index is 0. The van der Waals surface area contributed by atoms with E-state index in [2.05, 4.69) is 26.6 Å². The fourth-order valence-electron chi connectivity index (χ4n) is 0. The summed E-state index contributed by atoms with van der Waals surface area (Å²) in [6, 6.07) is 0. The number of unbranched alkanes of at least 4 members (excludes halogenated alkanes) is 1. The van der Waals surface area contributed by atoms with Crippen molar-refractivity contribution in [1.82, 2.24) is 0 Å². The summed E-state index contributed by atoms with van der Waals surface area (Å²) in [5, 5.41) is 0. The molecule has 0 unspecified atom stereocenters. The van der Waals surface area contributed by atoms with Crippen molar-refractivity contribution in [3.63, 3.8) is 0 Å². The Bertz CT molecular complexity index is 13.7.